The maximum absolute atomic E-state index is 9.95. The maximum atomic E-state index is 9.95. The number of aliphatic hydroxyl groups is 1. The van der Waals surface area contributed by atoms with Gasteiger partial charge >= 0.3 is 0 Å². The molecule has 0 aromatic carbocycles. The van der Waals surface area contributed by atoms with E-state index in [1.807, 2.05) is 4.68 Å². The predicted molar refractivity (Wildman–Crippen MR) is 75.9 cm³/mol. The standard InChI is InChI=1S/C14H24N4O3/c19-12(8-20-9-13-2-1-5-21-13)6-15-11-3-4-14-16-10-17-18(14)7-11/h10-13,15,19H,1-9H2/t11-,12+,13+/m0/s1. The second-order valence-electron chi connectivity index (χ2n) is 5.83. The van der Waals surface area contributed by atoms with Crippen LogP contribution in [0.2, 0.25) is 0 Å². The van der Waals surface area contributed by atoms with Gasteiger partial charge in [-0.3, -0.25) is 0 Å². The van der Waals surface area contributed by atoms with Crippen LogP contribution < -0.4 is 5.32 Å². The molecule has 3 heterocycles. The first-order valence-electron chi connectivity index (χ1n) is 7.79. The molecule has 0 radical (unpaired) electrons. The van der Waals surface area contributed by atoms with Gasteiger partial charge in [0.1, 0.15) is 12.2 Å². The van der Waals surface area contributed by atoms with E-state index in [-0.39, 0.29) is 6.10 Å². The number of fused-ring (bicyclic) bond motifs is 1. The first kappa shape index (κ1) is 14.9. The Morgan fingerprint density at radius 3 is 3.33 bits per heavy atom. The van der Waals surface area contributed by atoms with E-state index in [1.54, 1.807) is 6.33 Å². The highest BCUT2D eigenvalue weighted by Crippen LogP contribution is 2.12. The quantitative estimate of drug-likeness (QED) is 0.721. The number of nitrogens with one attached hydrogen (secondary N) is 1. The third kappa shape index (κ3) is 4.23. The van der Waals surface area contributed by atoms with E-state index in [4.69, 9.17) is 9.47 Å². The van der Waals surface area contributed by atoms with Gasteiger partial charge in [-0.05, 0) is 19.3 Å². The van der Waals surface area contributed by atoms with Crippen LogP contribution in [-0.2, 0) is 22.4 Å². The number of rotatable bonds is 7. The first-order valence-corrected chi connectivity index (χ1v) is 7.79. The van der Waals surface area contributed by atoms with Gasteiger partial charge in [0.25, 0.3) is 0 Å². The minimum Gasteiger partial charge on any atom is -0.389 e. The van der Waals surface area contributed by atoms with Crippen molar-refractivity contribution >= 4 is 0 Å². The lowest BCUT2D eigenvalue weighted by Gasteiger charge is -2.25. The van der Waals surface area contributed by atoms with Crippen LogP contribution >= 0.6 is 0 Å². The summed E-state index contributed by atoms with van der Waals surface area (Å²) in [6.07, 6.45) is 5.48. The molecular formula is C14H24N4O3. The Morgan fingerprint density at radius 2 is 2.48 bits per heavy atom. The number of ether oxygens (including phenoxy) is 2. The molecule has 3 atom stereocenters. The Hall–Kier alpha value is -1.02. The van der Waals surface area contributed by atoms with Gasteiger partial charge in [0, 0.05) is 25.6 Å². The molecule has 0 saturated carbocycles. The van der Waals surface area contributed by atoms with E-state index in [0.29, 0.717) is 25.8 Å². The molecule has 2 N–H and O–H groups in total. The average molecular weight is 296 g/mol. The van der Waals surface area contributed by atoms with E-state index in [1.165, 1.54) is 0 Å². The topological polar surface area (TPSA) is 81.4 Å². The van der Waals surface area contributed by atoms with Crippen LogP contribution in [0.4, 0.5) is 0 Å². The zero-order valence-electron chi connectivity index (χ0n) is 12.3. The fraction of sp³-hybridized carbons (Fsp3) is 0.857. The Bertz CT molecular complexity index is 434. The van der Waals surface area contributed by atoms with Crippen LogP contribution in [0.5, 0.6) is 0 Å². The molecule has 0 unspecified atom stereocenters. The SMILES string of the molecule is O[C@H](CN[C@H]1CCc2ncnn2C1)COC[C@H]1CCCO1. The number of aryl methyl sites for hydroxylation is 1. The molecule has 0 bridgehead atoms. The molecule has 1 saturated heterocycles. The Balaban J connectivity index is 1.30. The summed E-state index contributed by atoms with van der Waals surface area (Å²) in [5.74, 6) is 1.05. The van der Waals surface area contributed by atoms with Gasteiger partial charge in [-0.2, -0.15) is 5.10 Å². The van der Waals surface area contributed by atoms with Crippen LogP contribution in [-0.4, -0.2) is 64.5 Å². The summed E-state index contributed by atoms with van der Waals surface area (Å²) in [5.41, 5.74) is 0. The molecule has 3 rings (SSSR count). The van der Waals surface area contributed by atoms with Crippen molar-refractivity contribution in [1.82, 2.24) is 20.1 Å². The average Bonchev–Trinajstić information content (AvgIpc) is 3.15. The molecule has 21 heavy (non-hydrogen) atoms. The smallest absolute Gasteiger partial charge is 0.138 e. The van der Waals surface area contributed by atoms with Crippen molar-refractivity contribution in [2.45, 2.75) is 50.5 Å². The summed E-state index contributed by atoms with van der Waals surface area (Å²) in [6, 6.07) is 0.340. The second-order valence-corrected chi connectivity index (χ2v) is 5.83. The van der Waals surface area contributed by atoms with Crippen molar-refractivity contribution < 1.29 is 14.6 Å². The fourth-order valence-corrected chi connectivity index (χ4v) is 2.88. The zero-order chi connectivity index (χ0) is 14.5. The van der Waals surface area contributed by atoms with Crippen LogP contribution in [0, 0.1) is 0 Å². The van der Waals surface area contributed by atoms with Crippen LogP contribution in [0.25, 0.3) is 0 Å². The van der Waals surface area contributed by atoms with Crippen molar-refractivity contribution in [1.29, 1.82) is 0 Å². The van der Waals surface area contributed by atoms with E-state index in [2.05, 4.69) is 15.4 Å². The molecule has 1 fully saturated rings. The molecular weight excluding hydrogens is 272 g/mol. The summed E-state index contributed by atoms with van der Waals surface area (Å²) in [7, 11) is 0. The number of aliphatic hydroxyl groups excluding tert-OH is 1. The van der Waals surface area contributed by atoms with Gasteiger partial charge in [-0.25, -0.2) is 9.67 Å². The van der Waals surface area contributed by atoms with Gasteiger partial charge in [0.15, 0.2) is 0 Å². The molecule has 2 aliphatic heterocycles. The lowest BCUT2D eigenvalue weighted by molar-refractivity contribution is -0.0171. The van der Waals surface area contributed by atoms with Crippen LogP contribution in [0.15, 0.2) is 6.33 Å². The van der Waals surface area contributed by atoms with Crippen molar-refractivity contribution in [2.24, 2.45) is 0 Å². The van der Waals surface area contributed by atoms with Gasteiger partial charge in [0.05, 0.1) is 32.0 Å². The normalized spacial score (nSPS) is 26.7. The summed E-state index contributed by atoms with van der Waals surface area (Å²) < 4.78 is 12.9. The summed E-state index contributed by atoms with van der Waals surface area (Å²) >= 11 is 0. The maximum Gasteiger partial charge on any atom is 0.138 e. The highest BCUT2D eigenvalue weighted by Gasteiger charge is 2.20. The van der Waals surface area contributed by atoms with Gasteiger partial charge in [0.2, 0.25) is 0 Å². The third-order valence-electron chi connectivity index (χ3n) is 4.09. The van der Waals surface area contributed by atoms with Crippen molar-refractivity contribution in [2.75, 3.05) is 26.4 Å². The van der Waals surface area contributed by atoms with Gasteiger partial charge in [-0.1, -0.05) is 0 Å². The molecule has 0 amide bonds. The molecule has 7 heteroatoms. The monoisotopic (exact) mass is 296 g/mol. The summed E-state index contributed by atoms with van der Waals surface area (Å²) in [6.45, 7) is 3.14. The zero-order valence-corrected chi connectivity index (χ0v) is 12.3. The minimum atomic E-state index is -0.483. The number of hydrogen-bond acceptors (Lipinski definition) is 6. The number of hydrogen-bond donors (Lipinski definition) is 2. The van der Waals surface area contributed by atoms with E-state index < -0.39 is 6.10 Å². The Kier molecular flexibility index (Phi) is 5.18. The van der Waals surface area contributed by atoms with E-state index in [9.17, 15) is 5.11 Å². The van der Waals surface area contributed by atoms with E-state index in [0.717, 1.165) is 44.7 Å². The van der Waals surface area contributed by atoms with Crippen molar-refractivity contribution in [3.05, 3.63) is 12.2 Å². The highest BCUT2D eigenvalue weighted by atomic mass is 16.5. The summed E-state index contributed by atoms with van der Waals surface area (Å²) in [5, 5.41) is 17.5. The van der Waals surface area contributed by atoms with Gasteiger partial charge < -0.3 is 19.9 Å². The van der Waals surface area contributed by atoms with Crippen LogP contribution in [0.3, 0.4) is 0 Å². The predicted octanol–water partition coefficient (Wildman–Crippen LogP) is -0.261. The van der Waals surface area contributed by atoms with Gasteiger partial charge in [-0.15, -0.1) is 0 Å². The number of aromatic nitrogens is 3. The first-order chi connectivity index (χ1) is 10.3. The van der Waals surface area contributed by atoms with Crippen LogP contribution in [0.1, 0.15) is 25.1 Å². The van der Waals surface area contributed by atoms with Crippen molar-refractivity contribution in [3.63, 3.8) is 0 Å². The lowest BCUT2D eigenvalue weighted by atomic mass is 10.1. The van der Waals surface area contributed by atoms with Crippen molar-refractivity contribution in [3.8, 4) is 0 Å². The largest absolute Gasteiger partial charge is 0.389 e. The van der Waals surface area contributed by atoms with E-state index >= 15 is 0 Å². The molecule has 0 aliphatic carbocycles. The Morgan fingerprint density at radius 1 is 1.52 bits per heavy atom. The molecule has 1 aromatic rings. The highest BCUT2D eigenvalue weighted by molar-refractivity contribution is 4.92. The number of nitrogens with zero attached hydrogens (tertiary/aromatic N) is 3. The molecule has 1 aromatic heterocycles. The Labute approximate surface area is 124 Å². The fourth-order valence-electron chi connectivity index (χ4n) is 2.88. The lowest BCUT2D eigenvalue weighted by Crippen LogP contribution is -2.42. The minimum absolute atomic E-state index is 0.217. The molecule has 0 spiro atoms. The third-order valence-corrected chi connectivity index (χ3v) is 4.09. The molecule has 118 valence electrons. The molecule has 7 nitrogen and oxygen atoms in total. The summed E-state index contributed by atoms with van der Waals surface area (Å²) in [4.78, 5) is 4.21. The second kappa shape index (κ2) is 7.31. The molecule has 2 aliphatic rings.